The molecule has 1 aromatic rings. The standard InChI is InChI=1S/C15H23ClN2O/c1-3-12-14(16)13(18(4-2)17-12)8-15(9-19)6-10-5-11(10)7-15/h10-11,19H,3-9H2,1-2H3. The van der Waals surface area contributed by atoms with Crippen molar-refractivity contribution in [3.05, 3.63) is 16.4 Å². The fraction of sp³-hybridized carbons (Fsp3) is 0.800. The van der Waals surface area contributed by atoms with E-state index in [1.54, 1.807) is 0 Å². The second-order valence-corrected chi connectivity index (χ2v) is 6.75. The highest BCUT2D eigenvalue weighted by Crippen LogP contribution is 2.60. The third kappa shape index (κ3) is 2.21. The Morgan fingerprint density at radius 3 is 2.58 bits per heavy atom. The molecule has 0 saturated heterocycles. The Morgan fingerprint density at radius 2 is 2.05 bits per heavy atom. The van der Waals surface area contributed by atoms with Crippen molar-refractivity contribution in [2.45, 2.75) is 52.5 Å². The molecule has 0 radical (unpaired) electrons. The zero-order valence-electron chi connectivity index (χ0n) is 11.8. The van der Waals surface area contributed by atoms with E-state index in [1.807, 2.05) is 4.68 Å². The molecule has 3 rings (SSSR count). The molecule has 0 amide bonds. The van der Waals surface area contributed by atoms with Crippen LogP contribution in [0.25, 0.3) is 0 Å². The van der Waals surface area contributed by atoms with E-state index in [-0.39, 0.29) is 12.0 Å². The van der Waals surface area contributed by atoms with E-state index in [0.29, 0.717) is 0 Å². The maximum atomic E-state index is 9.86. The molecule has 19 heavy (non-hydrogen) atoms. The number of halogens is 1. The first-order chi connectivity index (χ1) is 9.12. The molecular weight excluding hydrogens is 260 g/mol. The van der Waals surface area contributed by atoms with Crippen LogP contribution in [0, 0.1) is 17.3 Å². The molecule has 0 aliphatic heterocycles. The molecule has 106 valence electrons. The van der Waals surface area contributed by atoms with E-state index in [0.717, 1.165) is 47.6 Å². The Balaban J connectivity index is 1.87. The Kier molecular flexibility index (Phi) is 3.38. The van der Waals surface area contributed by atoms with Crippen LogP contribution in [0.4, 0.5) is 0 Å². The van der Waals surface area contributed by atoms with Gasteiger partial charge in [0.25, 0.3) is 0 Å². The number of hydrogen-bond donors (Lipinski definition) is 1. The molecule has 4 heteroatoms. The number of aryl methyl sites for hydroxylation is 2. The third-order valence-electron chi connectivity index (χ3n) is 5.03. The van der Waals surface area contributed by atoms with Gasteiger partial charge in [-0.05, 0) is 56.3 Å². The monoisotopic (exact) mass is 282 g/mol. The summed E-state index contributed by atoms with van der Waals surface area (Å²) in [6.07, 6.45) is 5.47. The maximum absolute atomic E-state index is 9.86. The first kappa shape index (κ1) is 13.4. The van der Waals surface area contributed by atoms with Crippen LogP contribution in [0.5, 0.6) is 0 Å². The lowest BCUT2D eigenvalue weighted by Crippen LogP contribution is -2.28. The van der Waals surface area contributed by atoms with Gasteiger partial charge in [-0.2, -0.15) is 5.10 Å². The fourth-order valence-electron chi connectivity index (χ4n) is 3.88. The number of aliphatic hydroxyl groups excluding tert-OH is 1. The lowest BCUT2D eigenvalue weighted by Gasteiger charge is -2.29. The van der Waals surface area contributed by atoms with Gasteiger partial charge in [0.15, 0.2) is 0 Å². The zero-order chi connectivity index (χ0) is 13.6. The molecular formula is C15H23ClN2O. The highest BCUT2D eigenvalue weighted by atomic mass is 35.5. The third-order valence-corrected chi connectivity index (χ3v) is 5.47. The van der Waals surface area contributed by atoms with E-state index in [9.17, 15) is 5.11 Å². The van der Waals surface area contributed by atoms with Crippen LogP contribution in [-0.4, -0.2) is 21.5 Å². The van der Waals surface area contributed by atoms with Gasteiger partial charge in [-0.25, -0.2) is 0 Å². The summed E-state index contributed by atoms with van der Waals surface area (Å²) >= 11 is 6.49. The number of aliphatic hydroxyl groups is 1. The Bertz CT molecular complexity index is 473. The number of fused-ring (bicyclic) bond motifs is 1. The van der Waals surface area contributed by atoms with E-state index in [4.69, 9.17) is 11.6 Å². The SMILES string of the molecule is CCc1nn(CC)c(CC2(CO)CC3CC3C2)c1Cl. The second-order valence-electron chi connectivity index (χ2n) is 6.38. The van der Waals surface area contributed by atoms with Crippen molar-refractivity contribution in [3.8, 4) is 0 Å². The first-order valence-electron chi connectivity index (χ1n) is 7.47. The van der Waals surface area contributed by atoms with E-state index in [1.165, 1.54) is 19.3 Å². The van der Waals surface area contributed by atoms with E-state index in [2.05, 4.69) is 18.9 Å². The van der Waals surface area contributed by atoms with Gasteiger partial charge < -0.3 is 5.11 Å². The van der Waals surface area contributed by atoms with Crippen molar-refractivity contribution in [1.29, 1.82) is 0 Å². The summed E-state index contributed by atoms with van der Waals surface area (Å²) in [4.78, 5) is 0. The largest absolute Gasteiger partial charge is 0.396 e. The van der Waals surface area contributed by atoms with Gasteiger partial charge in [-0.3, -0.25) is 4.68 Å². The summed E-state index contributed by atoms with van der Waals surface area (Å²) in [5, 5.41) is 15.3. The second kappa shape index (κ2) is 4.78. The van der Waals surface area contributed by atoms with Crippen molar-refractivity contribution in [2.75, 3.05) is 6.61 Å². The van der Waals surface area contributed by atoms with Crippen LogP contribution >= 0.6 is 11.6 Å². The molecule has 2 atom stereocenters. The van der Waals surface area contributed by atoms with Gasteiger partial charge in [-0.15, -0.1) is 0 Å². The van der Waals surface area contributed by atoms with Crippen molar-refractivity contribution in [2.24, 2.45) is 17.3 Å². The zero-order valence-corrected chi connectivity index (χ0v) is 12.6. The van der Waals surface area contributed by atoms with Crippen LogP contribution in [0.2, 0.25) is 5.02 Å². The summed E-state index contributed by atoms with van der Waals surface area (Å²) < 4.78 is 2.03. The van der Waals surface area contributed by atoms with Crippen molar-refractivity contribution >= 4 is 11.6 Å². The number of hydrogen-bond acceptors (Lipinski definition) is 2. The molecule has 2 fully saturated rings. The first-order valence-corrected chi connectivity index (χ1v) is 7.85. The molecule has 2 unspecified atom stereocenters. The lowest BCUT2D eigenvalue weighted by molar-refractivity contribution is 0.115. The Labute approximate surface area is 120 Å². The summed E-state index contributed by atoms with van der Waals surface area (Å²) in [5.74, 6) is 1.74. The summed E-state index contributed by atoms with van der Waals surface area (Å²) in [7, 11) is 0. The van der Waals surface area contributed by atoms with Gasteiger partial charge in [0.05, 0.1) is 16.4 Å². The highest BCUT2D eigenvalue weighted by Gasteiger charge is 2.53. The lowest BCUT2D eigenvalue weighted by atomic mass is 9.79. The van der Waals surface area contributed by atoms with E-state index >= 15 is 0 Å². The molecule has 1 N–H and O–H groups in total. The quantitative estimate of drug-likeness (QED) is 0.901. The predicted molar refractivity (Wildman–Crippen MR) is 76.3 cm³/mol. The molecule has 0 bridgehead atoms. The van der Waals surface area contributed by atoms with Gasteiger partial charge in [0.1, 0.15) is 0 Å². The maximum Gasteiger partial charge on any atom is 0.0850 e. The summed E-state index contributed by atoms with van der Waals surface area (Å²) in [5.41, 5.74) is 2.20. The molecule has 0 spiro atoms. The van der Waals surface area contributed by atoms with Crippen LogP contribution in [-0.2, 0) is 19.4 Å². The Hall–Kier alpha value is -0.540. The molecule has 1 heterocycles. The molecule has 0 aromatic carbocycles. The topological polar surface area (TPSA) is 38.0 Å². The average Bonchev–Trinajstić information content (AvgIpc) is 2.92. The smallest absolute Gasteiger partial charge is 0.0850 e. The molecule has 2 aliphatic carbocycles. The molecule has 1 aromatic heterocycles. The van der Waals surface area contributed by atoms with Crippen molar-refractivity contribution in [3.63, 3.8) is 0 Å². The predicted octanol–water partition coefficient (Wildman–Crippen LogP) is 3.07. The average molecular weight is 283 g/mol. The number of nitrogens with zero attached hydrogens (tertiary/aromatic N) is 2. The van der Waals surface area contributed by atoms with Gasteiger partial charge in [-0.1, -0.05) is 18.5 Å². The molecule has 2 aliphatic rings. The minimum absolute atomic E-state index is 0.0647. The van der Waals surface area contributed by atoms with Gasteiger partial charge >= 0.3 is 0 Å². The van der Waals surface area contributed by atoms with E-state index < -0.39 is 0 Å². The van der Waals surface area contributed by atoms with Gasteiger partial charge in [0.2, 0.25) is 0 Å². The van der Waals surface area contributed by atoms with Crippen molar-refractivity contribution in [1.82, 2.24) is 9.78 Å². The minimum atomic E-state index is 0.0647. The Morgan fingerprint density at radius 1 is 1.37 bits per heavy atom. The van der Waals surface area contributed by atoms with Crippen molar-refractivity contribution < 1.29 is 5.11 Å². The van der Waals surface area contributed by atoms with Crippen LogP contribution in [0.15, 0.2) is 0 Å². The van der Waals surface area contributed by atoms with Crippen LogP contribution < -0.4 is 0 Å². The number of rotatable bonds is 5. The fourth-order valence-corrected chi connectivity index (χ4v) is 4.21. The minimum Gasteiger partial charge on any atom is -0.396 e. The van der Waals surface area contributed by atoms with Crippen LogP contribution in [0.1, 0.15) is 44.5 Å². The highest BCUT2D eigenvalue weighted by molar-refractivity contribution is 6.31. The summed E-state index contributed by atoms with van der Waals surface area (Å²) in [6.45, 7) is 5.32. The summed E-state index contributed by atoms with van der Waals surface area (Å²) in [6, 6.07) is 0. The number of aromatic nitrogens is 2. The molecule has 3 nitrogen and oxygen atoms in total. The van der Waals surface area contributed by atoms with Crippen LogP contribution in [0.3, 0.4) is 0 Å². The normalized spacial score (nSPS) is 32.6. The molecule has 2 saturated carbocycles. The van der Waals surface area contributed by atoms with Gasteiger partial charge in [0, 0.05) is 13.2 Å².